The summed E-state index contributed by atoms with van der Waals surface area (Å²) in [6.45, 7) is -1.26. The highest BCUT2D eigenvalue weighted by Gasteiger charge is 2.68. The largest absolute Gasteiger partial charge is 0.456 e. The minimum Gasteiger partial charge on any atom is -0.456 e. The van der Waals surface area contributed by atoms with Gasteiger partial charge in [0.15, 0.2) is 5.60 Å². The molecule has 8 rings (SSSR count). The van der Waals surface area contributed by atoms with Crippen molar-refractivity contribution in [3.05, 3.63) is 185 Å². The van der Waals surface area contributed by atoms with Crippen LogP contribution < -0.4 is 9.47 Å². The van der Waals surface area contributed by atoms with Gasteiger partial charge in [0.05, 0.1) is 71.3 Å². The molecule has 1 fully saturated rings. The zero-order valence-corrected chi connectivity index (χ0v) is 31.8. The van der Waals surface area contributed by atoms with Crippen LogP contribution in [0.25, 0.3) is 0 Å². The van der Waals surface area contributed by atoms with Gasteiger partial charge in [0, 0.05) is 12.1 Å². The third kappa shape index (κ3) is 8.84. The lowest BCUT2D eigenvalue weighted by Gasteiger charge is -2.35. The Kier molecular flexibility index (Phi) is 11.9. The number of hydrogen-bond acceptors (Lipinski definition) is 11. The third-order valence-electron chi connectivity index (χ3n) is 9.53. The van der Waals surface area contributed by atoms with Crippen LogP contribution in [0.1, 0.15) is 33.6 Å². The SMILES string of the molecule is N#Cc1ccc(Oc2ccc(C(O)(Cn3cnnn3)C(F)(F)c3ccc(F)cc3F)nc2)cc1.N#Cc1ccc(Oc2ccc(C3(C(F)(F)c4ccc(F)cc4F)CO3)nc2)cc1. The predicted octanol–water partition coefficient (Wildman–Crippen LogP) is 8.73. The first-order valence-corrected chi connectivity index (χ1v) is 18.1. The first-order valence-electron chi connectivity index (χ1n) is 18.1. The van der Waals surface area contributed by atoms with Gasteiger partial charge in [-0.2, -0.15) is 28.1 Å². The summed E-state index contributed by atoms with van der Waals surface area (Å²) in [5.74, 6) is -11.7. The highest BCUT2D eigenvalue weighted by atomic mass is 19.3. The zero-order chi connectivity index (χ0) is 45.0. The minimum atomic E-state index is -4.28. The monoisotopic (exact) mass is 870 g/mol. The molecule has 20 heteroatoms. The molecule has 63 heavy (non-hydrogen) atoms. The van der Waals surface area contributed by atoms with E-state index in [0.29, 0.717) is 53.0 Å². The quantitative estimate of drug-likeness (QED) is 0.0921. The molecule has 2 atom stereocenters. The van der Waals surface area contributed by atoms with Crippen molar-refractivity contribution < 1.29 is 54.4 Å². The van der Waals surface area contributed by atoms with Gasteiger partial charge in [-0.15, -0.1) is 5.10 Å². The second kappa shape index (κ2) is 17.3. The lowest BCUT2D eigenvalue weighted by Crippen LogP contribution is -2.48. The summed E-state index contributed by atoms with van der Waals surface area (Å²) >= 11 is 0. The molecule has 4 aromatic carbocycles. The van der Waals surface area contributed by atoms with Crippen LogP contribution >= 0.6 is 0 Å². The summed E-state index contributed by atoms with van der Waals surface area (Å²) in [7, 11) is 0. The van der Waals surface area contributed by atoms with Gasteiger partial charge in [0.1, 0.15) is 52.6 Å². The highest BCUT2D eigenvalue weighted by Crippen LogP contribution is 2.56. The lowest BCUT2D eigenvalue weighted by molar-refractivity contribution is -0.207. The molecule has 7 aromatic rings. The molecule has 2 unspecified atom stereocenters. The fraction of sp³-hybridized carbons (Fsp3) is 0.140. The molecule has 1 saturated heterocycles. The van der Waals surface area contributed by atoms with Crippen molar-refractivity contribution in [2.45, 2.75) is 29.6 Å². The summed E-state index contributed by atoms with van der Waals surface area (Å²) in [5, 5.41) is 39.0. The first kappa shape index (κ1) is 43.3. The van der Waals surface area contributed by atoms with Crippen LogP contribution in [0.3, 0.4) is 0 Å². The Balaban J connectivity index is 0.000000191. The van der Waals surface area contributed by atoms with Gasteiger partial charge in [-0.25, -0.2) is 22.2 Å². The van der Waals surface area contributed by atoms with Crippen molar-refractivity contribution in [1.29, 1.82) is 10.5 Å². The Bertz CT molecular complexity index is 2800. The Morgan fingerprint density at radius 2 is 1.19 bits per heavy atom. The van der Waals surface area contributed by atoms with Crippen molar-refractivity contribution in [3.8, 4) is 35.1 Å². The van der Waals surface area contributed by atoms with Crippen molar-refractivity contribution in [2.75, 3.05) is 6.61 Å². The highest BCUT2D eigenvalue weighted by molar-refractivity contribution is 5.40. The molecule has 3 aromatic heterocycles. The number of epoxide rings is 1. The summed E-state index contributed by atoms with van der Waals surface area (Å²) in [4.78, 5) is 7.92. The molecule has 318 valence electrons. The van der Waals surface area contributed by atoms with E-state index in [1.165, 1.54) is 48.7 Å². The summed E-state index contributed by atoms with van der Waals surface area (Å²) in [6, 6.07) is 24.9. The average Bonchev–Trinajstić information content (AvgIpc) is 3.94. The summed E-state index contributed by atoms with van der Waals surface area (Å²) < 4.78 is 133. The Labute approximate surface area is 350 Å². The second-order valence-corrected chi connectivity index (χ2v) is 13.6. The molecule has 1 aliphatic heterocycles. The Morgan fingerprint density at radius 3 is 1.62 bits per heavy atom. The van der Waals surface area contributed by atoms with Crippen molar-refractivity contribution in [3.63, 3.8) is 0 Å². The maximum atomic E-state index is 15.6. The van der Waals surface area contributed by atoms with Gasteiger partial charge in [-0.1, -0.05) is 0 Å². The molecule has 0 saturated carbocycles. The maximum absolute atomic E-state index is 15.6. The lowest BCUT2D eigenvalue weighted by atomic mass is 9.86. The predicted molar refractivity (Wildman–Crippen MR) is 201 cm³/mol. The van der Waals surface area contributed by atoms with Crippen LogP contribution in [-0.2, 0) is 34.3 Å². The van der Waals surface area contributed by atoms with E-state index < -0.39 is 69.7 Å². The number of nitrogens with zero attached hydrogens (tertiary/aromatic N) is 8. The summed E-state index contributed by atoms with van der Waals surface area (Å²) in [6.07, 6.45) is 3.33. The second-order valence-electron chi connectivity index (χ2n) is 13.6. The topological polar surface area (TPSA) is 168 Å². The van der Waals surface area contributed by atoms with Gasteiger partial charge in [-0.3, -0.25) is 9.97 Å². The minimum absolute atomic E-state index is 0.0987. The number of aromatic nitrogens is 6. The fourth-order valence-corrected chi connectivity index (χ4v) is 6.15. The van der Waals surface area contributed by atoms with E-state index >= 15 is 17.6 Å². The maximum Gasteiger partial charge on any atom is 0.312 e. The van der Waals surface area contributed by atoms with Crippen LogP contribution in [-0.4, -0.2) is 41.9 Å². The number of aliphatic hydroxyl groups is 1. The standard InChI is InChI=1S/C22H14F4N6O2.C21H12F4N2O2/c23-15-3-7-18(19(24)9-15)22(25,26)21(33,12-32-13-29-30-31-32)20-8-6-17(11-28-20)34-16-4-1-14(10-27)2-5-16;22-14-3-7-17(18(23)9-14)21(24,25)20(12-28-20)19-8-6-16(11-27-19)29-15-4-1-13(10-26)2-5-15/h1-9,11,13,33H,12H2;1-9,11H,12H2. The van der Waals surface area contributed by atoms with Crippen LogP contribution in [0.2, 0.25) is 0 Å². The van der Waals surface area contributed by atoms with Crippen molar-refractivity contribution in [1.82, 2.24) is 30.2 Å². The average molecular weight is 871 g/mol. The molecule has 0 amide bonds. The van der Waals surface area contributed by atoms with Crippen LogP contribution in [0, 0.1) is 45.9 Å². The molecule has 4 heterocycles. The van der Waals surface area contributed by atoms with Gasteiger partial charge < -0.3 is 19.3 Å². The molecule has 1 aliphatic rings. The molecule has 12 nitrogen and oxygen atoms in total. The zero-order valence-electron chi connectivity index (χ0n) is 31.8. The molecular formula is C43H26F8N8O4. The molecular weight excluding hydrogens is 845 g/mol. The van der Waals surface area contributed by atoms with E-state index in [0.717, 1.165) is 29.3 Å². The molecule has 0 spiro atoms. The van der Waals surface area contributed by atoms with Crippen LogP contribution in [0.4, 0.5) is 35.1 Å². The van der Waals surface area contributed by atoms with E-state index in [1.54, 1.807) is 24.3 Å². The van der Waals surface area contributed by atoms with Crippen LogP contribution in [0.5, 0.6) is 23.0 Å². The van der Waals surface area contributed by atoms with Gasteiger partial charge in [0.2, 0.25) is 5.60 Å². The van der Waals surface area contributed by atoms with Gasteiger partial charge in [-0.05, 0) is 107 Å². The number of ether oxygens (including phenoxy) is 3. The van der Waals surface area contributed by atoms with E-state index in [9.17, 15) is 22.7 Å². The van der Waals surface area contributed by atoms with E-state index in [-0.39, 0.29) is 23.8 Å². The number of pyridine rings is 2. The van der Waals surface area contributed by atoms with Gasteiger partial charge in [0.25, 0.3) is 0 Å². The fourth-order valence-electron chi connectivity index (χ4n) is 6.15. The number of hydrogen-bond donors (Lipinski definition) is 1. The number of halogens is 8. The van der Waals surface area contributed by atoms with E-state index in [2.05, 4.69) is 25.5 Å². The van der Waals surface area contributed by atoms with E-state index in [1.807, 2.05) is 12.1 Å². The number of benzene rings is 4. The van der Waals surface area contributed by atoms with Crippen LogP contribution in [0.15, 0.2) is 128 Å². The van der Waals surface area contributed by atoms with Gasteiger partial charge >= 0.3 is 11.8 Å². The third-order valence-corrected chi connectivity index (χ3v) is 9.53. The van der Waals surface area contributed by atoms with Crippen molar-refractivity contribution >= 4 is 0 Å². The first-order chi connectivity index (χ1) is 30.1. The molecule has 1 N–H and O–H groups in total. The summed E-state index contributed by atoms with van der Waals surface area (Å²) in [5.41, 5.74) is -7.20. The van der Waals surface area contributed by atoms with E-state index in [4.69, 9.17) is 24.7 Å². The van der Waals surface area contributed by atoms with Crippen molar-refractivity contribution in [2.24, 2.45) is 0 Å². The smallest absolute Gasteiger partial charge is 0.312 e. The Morgan fingerprint density at radius 1 is 0.683 bits per heavy atom. The number of rotatable bonds is 12. The number of tetrazole rings is 1. The molecule has 0 bridgehead atoms. The normalized spacial score (nSPS) is 15.5. The number of nitriles is 2. The number of alkyl halides is 4. The Hall–Kier alpha value is -7.81. The molecule has 0 radical (unpaired) electrons. The molecule has 0 aliphatic carbocycles.